The summed E-state index contributed by atoms with van der Waals surface area (Å²) >= 11 is 6.03. The van der Waals surface area contributed by atoms with Crippen LogP contribution in [0.3, 0.4) is 0 Å². The Morgan fingerprint density at radius 1 is 1.30 bits per heavy atom. The maximum absolute atomic E-state index is 12.6. The molecule has 0 aromatic heterocycles. The standard InChI is InChI=1S/C15H20ClF3N2O.ClH/c1-10-8-11(16)9-12(14(10)22)13(2-3-15(17,18)19)21-6-4-20-5-7-21;/h8-9,13,20,22H,2-7H2,1H3;1H/t13-;/m0./s1. The van der Waals surface area contributed by atoms with Gasteiger partial charge in [0.05, 0.1) is 0 Å². The van der Waals surface area contributed by atoms with Crippen LogP contribution < -0.4 is 5.32 Å². The molecular weight excluding hydrogens is 352 g/mol. The molecule has 0 saturated carbocycles. The zero-order chi connectivity index (χ0) is 16.3. The average molecular weight is 373 g/mol. The molecule has 0 radical (unpaired) electrons. The Morgan fingerprint density at radius 2 is 1.91 bits per heavy atom. The van der Waals surface area contributed by atoms with Crippen LogP contribution in [0.5, 0.6) is 5.75 Å². The second kappa shape index (κ2) is 8.42. The lowest BCUT2D eigenvalue weighted by Gasteiger charge is -2.36. The second-order valence-electron chi connectivity index (χ2n) is 5.62. The van der Waals surface area contributed by atoms with Crippen LogP contribution in [0.2, 0.25) is 5.02 Å². The van der Waals surface area contributed by atoms with Crippen molar-refractivity contribution >= 4 is 24.0 Å². The number of nitrogens with one attached hydrogen (secondary N) is 1. The average Bonchev–Trinajstić information content (AvgIpc) is 2.44. The van der Waals surface area contributed by atoms with Crippen LogP contribution in [0, 0.1) is 6.92 Å². The van der Waals surface area contributed by atoms with E-state index in [9.17, 15) is 18.3 Å². The number of phenols is 1. The minimum absolute atomic E-state index is 0. The summed E-state index contributed by atoms with van der Waals surface area (Å²) in [6, 6.07) is 2.70. The van der Waals surface area contributed by atoms with Gasteiger partial charge in [0, 0.05) is 49.2 Å². The molecule has 1 aromatic rings. The smallest absolute Gasteiger partial charge is 0.389 e. The molecule has 23 heavy (non-hydrogen) atoms. The Labute approximate surface area is 145 Å². The van der Waals surface area contributed by atoms with Crippen LogP contribution in [0.1, 0.15) is 30.0 Å². The van der Waals surface area contributed by atoms with Gasteiger partial charge in [0.25, 0.3) is 0 Å². The lowest BCUT2D eigenvalue weighted by atomic mass is 9.96. The van der Waals surface area contributed by atoms with Crippen LogP contribution in [0.15, 0.2) is 12.1 Å². The van der Waals surface area contributed by atoms with Crippen LogP contribution in [0.4, 0.5) is 13.2 Å². The van der Waals surface area contributed by atoms with E-state index < -0.39 is 18.6 Å². The Balaban J connectivity index is 0.00000264. The van der Waals surface area contributed by atoms with Gasteiger partial charge in [-0.05, 0) is 31.0 Å². The third-order valence-electron chi connectivity index (χ3n) is 3.95. The van der Waals surface area contributed by atoms with E-state index in [-0.39, 0.29) is 24.6 Å². The van der Waals surface area contributed by atoms with Gasteiger partial charge in [-0.25, -0.2) is 0 Å². The highest BCUT2D eigenvalue weighted by Crippen LogP contribution is 2.38. The first-order chi connectivity index (χ1) is 10.3. The molecule has 2 rings (SSSR count). The van der Waals surface area contributed by atoms with Gasteiger partial charge in [-0.2, -0.15) is 13.2 Å². The summed E-state index contributed by atoms with van der Waals surface area (Å²) in [5.41, 5.74) is 1.06. The number of aryl methyl sites for hydroxylation is 1. The molecule has 0 bridgehead atoms. The van der Waals surface area contributed by atoms with E-state index in [2.05, 4.69) is 5.32 Å². The number of piperazine rings is 1. The molecule has 1 heterocycles. The van der Waals surface area contributed by atoms with Crippen molar-refractivity contribution in [1.29, 1.82) is 0 Å². The topological polar surface area (TPSA) is 35.5 Å². The van der Waals surface area contributed by atoms with Crippen LogP contribution in [-0.4, -0.2) is 42.4 Å². The van der Waals surface area contributed by atoms with E-state index in [0.717, 1.165) is 13.1 Å². The number of aromatic hydroxyl groups is 1. The first-order valence-corrected chi connectivity index (χ1v) is 7.66. The number of alkyl halides is 3. The lowest BCUT2D eigenvalue weighted by Crippen LogP contribution is -2.45. The Hall–Kier alpha value is -0.690. The first-order valence-electron chi connectivity index (χ1n) is 7.28. The second-order valence-corrected chi connectivity index (χ2v) is 6.05. The molecule has 1 aliphatic rings. The molecule has 1 atom stereocenters. The molecule has 132 valence electrons. The van der Waals surface area contributed by atoms with Gasteiger partial charge in [-0.1, -0.05) is 11.6 Å². The van der Waals surface area contributed by atoms with E-state index in [1.165, 1.54) is 0 Å². The van der Waals surface area contributed by atoms with Crippen molar-refractivity contribution in [2.75, 3.05) is 26.2 Å². The molecule has 1 saturated heterocycles. The number of rotatable bonds is 4. The molecule has 3 nitrogen and oxygen atoms in total. The Kier molecular flexibility index (Phi) is 7.45. The van der Waals surface area contributed by atoms with Crippen LogP contribution in [-0.2, 0) is 0 Å². The van der Waals surface area contributed by atoms with Gasteiger partial charge >= 0.3 is 6.18 Å². The molecule has 1 aliphatic heterocycles. The zero-order valence-electron chi connectivity index (χ0n) is 12.8. The molecule has 0 unspecified atom stereocenters. The number of halogens is 5. The SMILES string of the molecule is Cc1cc(Cl)cc([C@H](CCC(F)(F)F)N2CCNCC2)c1O.Cl. The van der Waals surface area contributed by atoms with E-state index >= 15 is 0 Å². The lowest BCUT2D eigenvalue weighted by molar-refractivity contribution is -0.138. The summed E-state index contributed by atoms with van der Waals surface area (Å²) in [7, 11) is 0. The molecule has 0 spiro atoms. The molecule has 0 amide bonds. The van der Waals surface area contributed by atoms with Gasteiger partial charge in [-0.3, -0.25) is 4.90 Å². The van der Waals surface area contributed by atoms with E-state index in [1.54, 1.807) is 19.1 Å². The molecule has 2 N–H and O–H groups in total. The number of nitrogens with zero attached hydrogens (tertiary/aromatic N) is 1. The van der Waals surface area contributed by atoms with Crippen molar-refractivity contribution < 1.29 is 18.3 Å². The summed E-state index contributed by atoms with van der Waals surface area (Å²) in [5, 5.41) is 13.9. The van der Waals surface area contributed by atoms with Gasteiger partial charge in [0.15, 0.2) is 0 Å². The molecule has 1 fully saturated rings. The highest BCUT2D eigenvalue weighted by molar-refractivity contribution is 6.30. The van der Waals surface area contributed by atoms with E-state index in [4.69, 9.17) is 11.6 Å². The minimum atomic E-state index is -4.21. The van der Waals surface area contributed by atoms with E-state index in [1.807, 2.05) is 4.90 Å². The van der Waals surface area contributed by atoms with Crippen molar-refractivity contribution in [3.8, 4) is 5.75 Å². The number of phenolic OH excluding ortho intramolecular Hbond substituents is 1. The highest BCUT2D eigenvalue weighted by Gasteiger charge is 2.32. The number of hydrogen-bond donors (Lipinski definition) is 2. The van der Waals surface area contributed by atoms with Gasteiger partial charge in [0.2, 0.25) is 0 Å². The fraction of sp³-hybridized carbons (Fsp3) is 0.600. The summed E-state index contributed by atoms with van der Waals surface area (Å²) in [6.45, 7) is 4.44. The van der Waals surface area contributed by atoms with Gasteiger partial charge in [0.1, 0.15) is 5.75 Å². The normalized spacial score (nSPS) is 17.6. The predicted octanol–water partition coefficient (Wildman–Crippen LogP) is 4.06. The van der Waals surface area contributed by atoms with Gasteiger partial charge < -0.3 is 10.4 Å². The number of hydrogen-bond acceptors (Lipinski definition) is 3. The van der Waals surface area contributed by atoms with Crippen LogP contribution in [0.25, 0.3) is 0 Å². The van der Waals surface area contributed by atoms with Crippen molar-refractivity contribution in [3.05, 3.63) is 28.3 Å². The summed E-state index contributed by atoms with van der Waals surface area (Å²) in [5.74, 6) is 0.0371. The predicted molar refractivity (Wildman–Crippen MR) is 87.6 cm³/mol. The summed E-state index contributed by atoms with van der Waals surface area (Å²) in [4.78, 5) is 1.98. The molecular formula is C15H21Cl2F3N2O. The third kappa shape index (κ3) is 5.71. The summed E-state index contributed by atoms with van der Waals surface area (Å²) < 4.78 is 37.9. The minimum Gasteiger partial charge on any atom is -0.507 e. The van der Waals surface area contributed by atoms with Crippen molar-refractivity contribution in [2.45, 2.75) is 32.0 Å². The fourth-order valence-electron chi connectivity index (χ4n) is 2.84. The zero-order valence-corrected chi connectivity index (χ0v) is 14.4. The fourth-order valence-corrected chi connectivity index (χ4v) is 3.13. The van der Waals surface area contributed by atoms with Crippen molar-refractivity contribution in [3.63, 3.8) is 0 Å². The largest absolute Gasteiger partial charge is 0.507 e. The molecule has 0 aliphatic carbocycles. The molecule has 1 aromatic carbocycles. The third-order valence-corrected chi connectivity index (χ3v) is 4.17. The Bertz CT molecular complexity index is 520. The highest BCUT2D eigenvalue weighted by atomic mass is 35.5. The number of benzene rings is 1. The van der Waals surface area contributed by atoms with E-state index in [0.29, 0.717) is 29.2 Å². The maximum atomic E-state index is 12.6. The quantitative estimate of drug-likeness (QED) is 0.836. The Morgan fingerprint density at radius 3 is 2.48 bits per heavy atom. The maximum Gasteiger partial charge on any atom is 0.389 e. The monoisotopic (exact) mass is 372 g/mol. The first kappa shape index (κ1) is 20.4. The summed E-state index contributed by atoms with van der Waals surface area (Å²) in [6.07, 6.45) is -5.18. The van der Waals surface area contributed by atoms with Gasteiger partial charge in [-0.15, -0.1) is 12.4 Å². The van der Waals surface area contributed by atoms with Crippen LogP contribution >= 0.6 is 24.0 Å². The van der Waals surface area contributed by atoms with Crippen molar-refractivity contribution in [1.82, 2.24) is 10.2 Å². The van der Waals surface area contributed by atoms with Crippen molar-refractivity contribution in [2.24, 2.45) is 0 Å². The molecule has 8 heteroatoms.